The van der Waals surface area contributed by atoms with Crippen LogP contribution in [-0.4, -0.2) is 56.8 Å². The molecule has 2 N–H and O–H groups in total. The summed E-state index contributed by atoms with van der Waals surface area (Å²) >= 11 is 6.49. The van der Waals surface area contributed by atoms with Crippen molar-refractivity contribution in [1.29, 1.82) is 0 Å². The molecule has 0 spiro atoms. The van der Waals surface area contributed by atoms with Crippen molar-refractivity contribution in [2.75, 3.05) is 54.9 Å². The predicted octanol–water partition coefficient (Wildman–Crippen LogP) is 4.58. The van der Waals surface area contributed by atoms with Crippen molar-refractivity contribution in [2.24, 2.45) is 0 Å². The smallest absolute Gasteiger partial charge is 0.247 e. The zero-order valence-corrected chi connectivity index (χ0v) is 22.0. The van der Waals surface area contributed by atoms with E-state index in [2.05, 4.69) is 27.2 Å². The number of para-hydroxylation sites is 2. The van der Waals surface area contributed by atoms with Crippen LogP contribution in [-0.2, 0) is 16.1 Å². The average Bonchev–Trinajstić information content (AvgIpc) is 2.93. The second kappa shape index (κ2) is 13.2. The SMILES string of the molecule is C=CC(=O)Nc1ccccc1Nc1ncc(CN(C=O)c2cc(OC)cc(OC)c2Cl)c(N(C)CCF)n1. The largest absolute Gasteiger partial charge is 0.497 e. The summed E-state index contributed by atoms with van der Waals surface area (Å²) < 4.78 is 23.9. The fourth-order valence-electron chi connectivity index (χ4n) is 3.53. The molecule has 38 heavy (non-hydrogen) atoms. The van der Waals surface area contributed by atoms with Crippen LogP contribution in [0.2, 0.25) is 5.02 Å². The van der Waals surface area contributed by atoms with Gasteiger partial charge in [0.15, 0.2) is 0 Å². The lowest BCUT2D eigenvalue weighted by atomic mass is 10.2. The quantitative estimate of drug-likeness (QED) is 0.238. The van der Waals surface area contributed by atoms with E-state index in [-0.39, 0.29) is 30.0 Å². The van der Waals surface area contributed by atoms with Gasteiger partial charge in [0.25, 0.3) is 0 Å². The van der Waals surface area contributed by atoms with E-state index in [0.29, 0.717) is 46.4 Å². The van der Waals surface area contributed by atoms with Crippen LogP contribution in [0.1, 0.15) is 5.56 Å². The van der Waals surface area contributed by atoms with Gasteiger partial charge in [0.05, 0.1) is 37.8 Å². The molecule has 0 aliphatic heterocycles. The van der Waals surface area contributed by atoms with Crippen LogP contribution in [0.3, 0.4) is 0 Å². The van der Waals surface area contributed by atoms with Crippen molar-refractivity contribution < 1.29 is 23.5 Å². The highest BCUT2D eigenvalue weighted by molar-refractivity contribution is 6.35. The normalized spacial score (nSPS) is 10.3. The number of rotatable bonds is 13. The molecule has 12 heteroatoms. The Morgan fingerprint density at radius 2 is 1.95 bits per heavy atom. The van der Waals surface area contributed by atoms with Gasteiger partial charge in [-0.2, -0.15) is 4.98 Å². The van der Waals surface area contributed by atoms with Crippen LogP contribution in [0.15, 0.2) is 55.3 Å². The van der Waals surface area contributed by atoms with Gasteiger partial charge >= 0.3 is 0 Å². The number of aromatic nitrogens is 2. The maximum Gasteiger partial charge on any atom is 0.247 e. The van der Waals surface area contributed by atoms with E-state index in [1.165, 1.54) is 25.3 Å². The Hall–Kier alpha value is -4.38. The highest BCUT2D eigenvalue weighted by atomic mass is 35.5. The number of ether oxygens (including phenoxy) is 2. The third-order valence-electron chi connectivity index (χ3n) is 5.47. The van der Waals surface area contributed by atoms with Crippen molar-refractivity contribution in [2.45, 2.75) is 6.54 Å². The number of hydrogen-bond donors (Lipinski definition) is 2. The molecule has 3 aromatic rings. The first kappa shape index (κ1) is 28.2. The molecule has 0 aliphatic rings. The van der Waals surface area contributed by atoms with Gasteiger partial charge in [-0.25, -0.2) is 9.37 Å². The Balaban J connectivity index is 1.99. The molecule has 3 rings (SSSR count). The first-order chi connectivity index (χ1) is 18.3. The Kier molecular flexibility index (Phi) is 9.83. The standard InChI is InChI=1S/C26H28ClFN6O4/c1-5-23(36)30-19-8-6-7-9-20(19)31-26-29-14-17(25(32-26)33(2)11-10-28)15-34(16-35)21-12-18(37-3)13-22(38-4)24(21)27/h5-9,12-14,16H,1,10-11,15H2,2-4H3,(H,30,36)(H,29,31,32). The Labute approximate surface area is 225 Å². The lowest BCUT2D eigenvalue weighted by Crippen LogP contribution is -2.27. The maximum absolute atomic E-state index is 13.3. The van der Waals surface area contributed by atoms with Crippen molar-refractivity contribution in [1.82, 2.24) is 9.97 Å². The number of carbonyl (C=O) groups excluding carboxylic acids is 2. The van der Waals surface area contributed by atoms with Crippen molar-refractivity contribution >= 4 is 52.7 Å². The summed E-state index contributed by atoms with van der Waals surface area (Å²) in [5.74, 6) is 1.00. The number of hydrogen-bond acceptors (Lipinski definition) is 8. The lowest BCUT2D eigenvalue weighted by Gasteiger charge is -2.25. The number of nitrogens with zero attached hydrogens (tertiary/aromatic N) is 4. The molecule has 0 aliphatic carbocycles. The van der Waals surface area contributed by atoms with E-state index >= 15 is 0 Å². The van der Waals surface area contributed by atoms with Gasteiger partial charge in [-0.3, -0.25) is 9.59 Å². The summed E-state index contributed by atoms with van der Waals surface area (Å²) in [7, 11) is 4.63. The van der Waals surface area contributed by atoms with Gasteiger partial charge in [-0.1, -0.05) is 30.3 Å². The van der Waals surface area contributed by atoms with Crippen LogP contribution < -0.4 is 29.9 Å². The molecule has 2 aromatic carbocycles. The molecule has 0 saturated heterocycles. The number of anilines is 5. The summed E-state index contributed by atoms with van der Waals surface area (Å²) in [5.41, 5.74) is 1.92. The molecule has 0 fully saturated rings. The molecule has 1 aromatic heterocycles. The van der Waals surface area contributed by atoms with Gasteiger partial charge in [0.1, 0.15) is 29.0 Å². The molecular formula is C26H28ClFN6O4. The van der Waals surface area contributed by atoms with E-state index in [1.54, 1.807) is 48.3 Å². The minimum Gasteiger partial charge on any atom is -0.497 e. The lowest BCUT2D eigenvalue weighted by molar-refractivity contribution is -0.112. The monoisotopic (exact) mass is 542 g/mol. The van der Waals surface area contributed by atoms with Crippen molar-refractivity contribution in [3.8, 4) is 11.5 Å². The molecule has 2 amide bonds. The molecule has 10 nitrogen and oxygen atoms in total. The minimum atomic E-state index is -0.616. The van der Waals surface area contributed by atoms with Gasteiger partial charge in [0, 0.05) is 37.5 Å². The summed E-state index contributed by atoms with van der Waals surface area (Å²) in [6.07, 6.45) is 3.31. The Bertz CT molecular complexity index is 1310. The summed E-state index contributed by atoms with van der Waals surface area (Å²) in [4.78, 5) is 35.9. The summed E-state index contributed by atoms with van der Waals surface area (Å²) in [6.45, 7) is 2.93. The highest BCUT2D eigenvalue weighted by Gasteiger charge is 2.20. The third-order valence-corrected chi connectivity index (χ3v) is 5.85. The molecule has 0 radical (unpaired) electrons. The average molecular weight is 543 g/mol. The number of halogens is 2. The first-order valence-corrected chi connectivity index (χ1v) is 11.8. The van der Waals surface area contributed by atoms with Crippen molar-refractivity contribution in [3.63, 3.8) is 0 Å². The van der Waals surface area contributed by atoms with E-state index in [0.717, 1.165) is 6.08 Å². The number of alkyl halides is 1. The third kappa shape index (κ3) is 6.68. The fraction of sp³-hybridized carbons (Fsp3) is 0.231. The molecule has 0 atom stereocenters. The van der Waals surface area contributed by atoms with Crippen LogP contribution in [0, 0.1) is 0 Å². The van der Waals surface area contributed by atoms with Gasteiger partial charge in [-0.15, -0.1) is 0 Å². The number of amides is 2. The first-order valence-electron chi connectivity index (χ1n) is 11.4. The van der Waals surface area contributed by atoms with Crippen molar-refractivity contribution in [3.05, 3.63) is 65.8 Å². The van der Waals surface area contributed by atoms with Crippen LogP contribution >= 0.6 is 11.6 Å². The van der Waals surface area contributed by atoms with E-state index in [1.807, 2.05) is 0 Å². The van der Waals surface area contributed by atoms with Crippen LogP contribution in [0.25, 0.3) is 0 Å². The molecule has 0 saturated carbocycles. The van der Waals surface area contributed by atoms with Gasteiger partial charge in [0.2, 0.25) is 18.3 Å². The second-order valence-corrected chi connectivity index (χ2v) is 8.29. The summed E-state index contributed by atoms with van der Waals surface area (Å²) in [6, 6.07) is 10.2. The predicted molar refractivity (Wildman–Crippen MR) is 147 cm³/mol. The topological polar surface area (TPSA) is 109 Å². The van der Waals surface area contributed by atoms with Crippen LogP contribution in [0.5, 0.6) is 11.5 Å². The Morgan fingerprint density at radius 1 is 1.21 bits per heavy atom. The molecular weight excluding hydrogens is 515 g/mol. The maximum atomic E-state index is 13.3. The Morgan fingerprint density at radius 3 is 2.58 bits per heavy atom. The zero-order valence-electron chi connectivity index (χ0n) is 21.2. The van der Waals surface area contributed by atoms with Gasteiger partial charge in [-0.05, 0) is 18.2 Å². The van der Waals surface area contributed by atoms with Gasteiger partial charge < -0.3 is 29.9 Å². The minimum absolute atomic E-state index is 0.0256. The van der Waals surface area contributed by atoms with E-state index < -0.39 is 6.67 Å². The number of carbonyl (C=O) groups is 2. The number of methoxy groups -OCH3 is 2. The molecule has 0 unspecified atom stereocenters. The summed E-state index contributed by atoms with van der Waals surface area (Å²) in [5, 5.41) is 6.01. The van der Waals surface area contributed by atoms with E-state index in [4.69, 9.17) is 21.1 Å². The zero-order chi connectivity index (χ0) is 27.7. The van der Waals surface area contributed by atoms with Crippen LogP contribution in [0.4, 0.5) is 33.2 Å². The second-order valence-electron chi connectivity index (χ2n) is 7.91. The number of benzene rings is 2. The molecule has 0 bridgehead atoms. The highest BCUT2D eigenvalue weighted by Crippen LogP contribution is 2.39. The fourth-order valence-corrected chi connectivity index (χ4v) is 3.83. The number of nitrogens with one attached hydrogen (secondary N) is 2. The molecule has 200 valence electrons. The van der Waals surface area contributed by atoms with E-state index in [9.17, 15) is 14.0 Å². The molecule has 1 heterocycles.